The maximum Gasteiger partial charge on any atom is 0.211 e. The number of sulfonamides is 1. The van der Waals surface area contributed by atoms with Crippen molar-refractivity contribution in [3.8, 4) is 0 Å². The molecule has 0 bridgehead atoms. The second-order valence-corrected chi connectivity index (χ2v) is 9.90. The van der Waals surface area contributed by atoms with Gasteiger partial charge in [-0.15, -0.1) is 11.6 Å². The van der Waals surface area contributed by atoms with E-state index >= 15 is 0 Å². The van der Waals surface area contributed by atoms with Crippen molar-refractivity contribution in [1.82, 2.24) is 4.72 Å². The third kappa shape index (κ3) is 5.54. The molecule has 1 atom stereocenters. The van der Waals surface area contributed by atoms with E-state index in [9.17, 15) is 16.8 Å². The lowest BCUT2D eigenvalue weighted by Gasteiger charge is -2.19. The van der Waals surface area contributed by atoms with Crippen LogP contribution in [0.1, 0.15) is 17.2 Å². The minimum absolute atomic E-state index is 0.136. The van der Waals surface area contributed by atoms with Crippen LogP contribution in [0.25, 0.3) is 0 Å². The minimum Gasteiger partial charge on any atom is -0.223 e. The summed E-state index contributed by atoms with van der Waals surface area (Å²) in [6.45, 7) is -0.230. The molecule has 2 rings (SSSR count). The highest BCUT2D eigenvalue weighted by atomic mass is 35.5. The molecule has 2 aromatic carbocycles. The summed E-state index contributed by atoms with van der Waals surface area (Å²) in [7, 11) is -7.34. The number of nitrogens with one attached hydrogen (secondary N) is 1. The first-order valence-corrected chi connectivity index (χ1v) is 11.5. The van der Waals surface area contributed by atoms with Crippen LogP contribution < -0.4 is 4.72 Å². The van der Waals surface area contributed by atoms with Gasteiger partial charge in [-0.05, 0) is 24.1 Å². The number of benzene rings is 2. The average Bonchev–Trinajstić information content (AvgIpc) is 2.61. The molecule has 0 aliphatic heterocycles. The topological polar surface area (TPSA) is 80.3 Å². The van der Waals surface area contributed by atoms with Gasteiger partial charge in [-0.25, -0.2) is 21.6 Å². The van der Waals surface area contributed by atoms with Crippen LogP contribution in [0.5, 0.6) is 0 Å². The molecule has 0 spiro atoms. The van der Waals surface area contributed by atoms with Crippen LogP contribution in [0.15, 0.2) is 65.6 Å². The van der Waals surface area contributed by atoms with Crippen LogP contribution >= 0.6 is 11.6 Å². The van der Waals surface area contributed by atoms with Gasteiger partial charge in [0.1, 0.15) is 5.25 Å². The summed E-state index contributed by atoms with van der Waals surface area (Å²) in [5, 5.41) is -1.01. The first kappa shape index (κ1) is 19.9. The van der Waals surface area contributed by atoms with Gasteiger partial charge < -0.3 is 0 Å². The van der Waals surface area contributed by atoms with Crippen LogP contribution in [0.3, 0.4) is 0 Å². The molecule has 1 N–H and O–H groups in total. The normalized spacial score (nSPS) is 13.5. The van der Waals surface area contributed by atoms with E-state index in [1.807, 2.05) is 0 Å². The van der Waals surface area contributed by atoms with Crippen molar-refractivity contribution in [2.45, 2.75) is 16.6 Å². The van der Waals surface area contributed by atoms with Gasteiger partial charge in [-0.3, -0.25) is 0 Å². The number of alkyl halides is 1. The Morgan fingerprint density at radius 1 is 0.880 bits per heavy atom. The van der Waals surface area contributed by atoms with Crippen LogP contribution in [0, 0.1) is 0 Å². The predicted molar refractivity (Wildman–Crippen MR) is 99.9 cm³/mol. The van der Waals surface area contributed by atoms with Gasteiger partial charge in [0.2, 0.25) is 10.0 Å². The van der Waals surface area contributed by atoms with Gasteiger partial charge in [-0.2, -0.15) is 0 Å². The van der Waals surface area contributed by atoms with Crippen LogP contribution in [0.4, 0.5) is 0 Å². The summed E-state index contributed by atoms with van der Waals surface area (Å²) < 4.78 is 52.5. The third-order valence-electron chi connectivity index (χ3n) is 3.65. The quantitative estimate of drug-likeness (QED) is 0.655. The van der Waals surface area contributed by atoms with E-state index in [-0.39, 0.29) is 23.1 Å². The molecule has 0 radical (unpaired) electrons. The van der Waals surface area contributed by atoms with E-state index in [1.165, 1.54) is 12.1 Å². The van der Waals surface area contributed by atoms with Crippen molar-refractivity contribution in [2.24, 2.45) is 0 Å². The van der Waals surface area contributed by atoms with Crippen LogP contribution in [-0.4, -0.2) is 35.0 Å². The fraction of sp³-hybridized carbons (Fsp3) is 0.294. The molecule has 0 amide bonds. The molecule has 0 saturated heterocycles. The Kier molecular flexibility index (Phi) is 7.01. The highest BCUT2D eigenvalue weighted by Gasteiger charge is 2.30. The summed E-state index contributed by atoms with van der Waals surface area (Å²) in [5.41, 5.74) is 0.534. The SMILES string of the molecule is O=S(=O)(CCCCl)NC[C@@H](c1ccccc1)S(=O)(=O)c1ccccc1. The lowest BCUT2D eigenvalue weighted by atomic mass is 10.1. The van der Waals surface area contributed by atoms with Gasteiger partial charge in [0.15, 0.2) is 9.84 Å². The molecule has 0 saturated carbocycles. The zero-order valence-electron chi connectivity index (χ0n) is 13.5. The molecule has 0 unspecified atom stereocenters. The Hall–Kier alpha value is -1.41. The van der Waals surface area contributed by atoms with Crippen molar-refractivity contribution >= 4 is 31.5 Å². The van der Waals surface area contributed by atoms with Gasteiger partial charge in [0.25, 0.3) is 0 Å². The lowest BCUT2D eigenvalue weighted by Crippen LogP contribution is -2.33. The van der Waals surface area contributed by atoms with Crippen molar-refractivity contribution < 1.29 is 16.8 Å². The van der Waals surface area contributed by atoms with Crippen LogP contribution in [0.2, 0.25) is 0 Å². The van der Waals surface area contributed by atoms with E-state index in [2.05, 4.69) is 4.72 Å². The Bertz CT molecular complexity index is 869. The van der Waals surface area contributed by atoms with Crippen molar-refractivity contribution in [3.63, 3.8) is 0 Å². The molecule has 136 valence electrons. The number of hydrogen-bond donors (Lipinski definition) is 1. The number of sulfone groups is 1. The summed E-state index contributed by atoms with van der Waals surface area (Å²) >= 11 is 5.53. The van der Waals surface area contributed by atoms with Crippen molar-refractivity contribution in [1.29, 1.82) is 0 Å². The first-order chi connectivity index (χ1) is 11.9. The Morgan fingerprint density at radius 2 is 1.44 bits per heavy atom. The van der Waals surface area contributed by atoms with E-state index in [0.717, 1.165) is 0 Å². The second-order valence-electron chi connectivity index (χ2n) is 5.47. The first-order valence-electron chi connectivity index (χ1n) is 7.74. The Labute approximate surface area is 154 Å². The maximum atomic E-state index is 13.0. The molecular weight excluding hydrogens is 382 g/mol. The number of hydrogen-bond acceptors (Lipinski definition) is 4. The van der Waals surface area contributed by atoms with E-state index in [0.29, 0.717) is 12.0 Å². The molecule has 0 aromatic heterocycles. The molecule has 0 heterocycles. The molecule has 25 heavy (non-hydrogen) atoms. The fourth-order valence-electron chi connectivity index (χ4n) is 2.37. The summed E-state index contributed by atoms with van der Waals surface area (Å²) in [5.74, 6) is 0.0920. The monoisotopic (exact) mass is 401 g/mol. The predicted octanol–water partition coefficient (Wildman–Crippen LogP) is 2.75. The standard InChI is InChI=1S/C17H20ClNO4S2/c18-12-7-13-24(20,21)19-14-17(15-8-3-1-4-9-15)25(22,23)16-10-5-2-6-11-16/h1-6,8-11,17,19H,7,12-14H2/t17-/m0/s1. The highest BCUT2D eigenvalue weighted by Crippen LogP contribution is 2.28. The van der Waals surface area contributed by atoms with E-state index in [1.54, 1.807) is 48.5 Å². The zero-order chi connectivity index (χ0) is 18.3. The summed E-state index contributed by atoms with van der Waals surface area (Å²) in [6.07, 6.45) is 0.304. The smallest absolute Gasteiger partial charge is 0.211 e. The van der Waals surface area contributed by atoms with Gasteiger partial charge in [-0.1, -0.05) is 48.5 Å². The molecule has 0 fully saturated rings. The van der Waals surface area contributed by atoms with Gasteiger partial charge in [0, 0.05) is 12.4 Å². The third-order valence-corrected chi connectivity index (χ3v) is 7.47. The molecular formula is C17H20ClNO4S2. The molecule has 2 aromatic rings. The van der Waals surface area contributed by atoms with E-state index in [4.69, 9.17) is 11.6 Å². The van der Waals surface area contributed by atoms with E-state index < -0.39 is 25.1 Å². The van der Waals surface area contributed by atoms with Crippen LogP contribution in [-0.2, 0) is 19.9 Å². The maximum absolute atomic E-state index is 13.0. The average molecular weight is 402 g/mol. The zero-order valence-corrected chi connectivity index (χ0v) is 15.9. The summed E-state index contributed by atoms with van der Waals surface area (Å²) in [6, 6.07) is 16.6. The van der Waals surface area contributed by atoms with Crippen molar-refractivity contribution in [2.75, 3.05) is 18.2 Å². The Balaban J connectivity index is 2.32. The largest absolute Gasteiger partial charge is 0.223 e. The highest BCUT2D eigenvalue weighted by molar-refractivity contribution is 7.92. The number of rotatable bonds is 9. The summed E-state index contributed by atoms with van der Waals surface area (Å²) in [4.78, 5) is 0.156. The van der Waals surface area contributed by atoms with Gasteiger partial charge in [0.05, 0.1) is 10.6 Å². The molecule has 0 aliphatic rings. The second kappa shape index (κ2) is 8.80. The number of halogens is 1. The lowest BCUT2D eigenvalue weighted by molar-refractivity contribution is 0.568. The Morgan fingerprint density at radius 3 is 2.00 bits per heavy atom. The van der Waals surface area contributed by atoms with Crippen molar-refractivity contribution in [3.05, 3.63) is 66.2 Å². The van der Waals surface area contributed by atoms with Gasteiger partial charge >= 0.3 is 0 Å². The molecule has 8 heteroatoms. The molecule has 0 aliphatic carbocycles. The molecule has 5 nitrogen and oxygen atoms in total. The fourth-order valence-corrected chi connectivity index (χ4v) is 5.54. The minimum atomic E-state index is -3.75.